The number of rotatable bonds is 5. The van der Waals surface area contributed by atoms with Crippen LogP contribution in [0.4, 0.5) is 4.79 Å². The van der Waals surface area contributed by atoms with E-state index in [1.54, 1.807) is 11.0 Å². The minimum atomic E-state index is -0.825. The van der Waals surface area contributed by atoms with Crippen LogP contribution in [0.1, 0.15) is 6.42 Å². The van der Waals surface area contributed by atoms with E-state index in [9.17, 15) is 9.59 Å². The van der Waals surface area contributed by atoms with Crippen LogP contribution in [0.3, 0.4) is 0 Å². The Morgan fingerprint density at radius 1 is 1.29 bits per heavy atom. The number of carboxylic acids is 1. The Kier molecular flexibility index (Phi) is 5.48. The Labute approximate surface area is 101 Å². The maximum Gasteiger partial charge on any atom is 0.317 e. The number of hydrogen-bond acceptors (Lipinski definition) is 3. The smallest absolute Gasteiger partial charge is 0.317 e. The van der Waals surface area contributed by atoms with E-state index in [0.29, 0.717) is 32.7 Å². The molecule has 17 heavy (non-hydrogen) atoms. The maximum atomic E-state index is 11.6. The maximum absolute atomic E-state index is 11.6. The molecule has 0 aromatic carbocycles. The van der Waals surface area contributed by atoms with Crippen molar-refractivity contribution in [3.8, 4) is 0 Å². The highest BCUT2D eigenvalue weighted by Gasteiger charge is 2.21. The topological polar surface area (TPSA) is 72.9 Å². The molecule has 1 rings (SSSR count). The lowest BCUT2D eigenvalue weighted by molar-refractivity contribution is -0.138. The number of urea groups is 1. The molecule has 1 fully saturated rings. The minimum absolute atomic E-state index is 0.0475. The second-order valence-corrected chi connectivity index (χ2v) is 3.97. The van der Waals surface area contributed by atoms with Gasteiger partial charge < -0.3 is 15.3 Å². The van der Waals surface area contributed by atoms with Crippen molar-refractivity contribution in [3.63, 3.8) is 0 Å². The van der Waals surface area contributed by atoms with Crippen LogP contribution in [0.15, 0.2) is 12.7 Å². The summed E-state index contributed by atoms with van der Waals surface area (Å²) in [7, 11) is 0. The van der Waals surface area contributed by atoms with Gasteiger partial charge in [0.1, 0.15) is 0 Å². The number of nitrogens with zero attached hydrogens (tertiary/aromatic N) is 2. The highest BCUT2D eigenvalue weighted by Crippen LogP contribution is 2.01. The summed E-state index contributed by atoms with van der Waals surface area (Å²) in [6.07, 6.45) is 2.51. The number of aliphatic carboxylic acids is 1. The fraction of sp³-hybridized carbons (Fsp3) is 0.636. The van der Waals surface area contributed by atoms with Gasteiger partial charge in [0.2, 0.25) is 0 Å². The summed E-state index contributed by atoms with van der Waals surface area (Å²) in [5, 5.41) is 11.4. The van der Waals surface area contributed by atoms with Crippen LogP contribution in [0.5, 0.6) is 0 Å². The van der Waals surface area contributed by atoms with Gasteiger partial charge in [0.15, 0.2) is 0 Å². The van der Waals surface area contributed by atoms with Crippen LogP contribution >= 0.6 is 0 Å². The SMILES string of the molecule is C=CCCNC(=O)N1CCN(CC(=O)O)CC1. The second-order valence-electron chi connectivity index (χ2n) is 3.97. The molecule has 2 amide bonds. The van der Waals surface area contributed by atoms with Crippen LogP contribution in [0.25, 0.3) is 0 Å². The Hall–Kier alpha value is -1.56. The van der Waals surface area contributed by atoms with Gasteiger partial charge >= 0.3 is 12.0 Å². The Balaban J connectivity index is 2.23. The number of amides is 2. The molecule has 0 radical (unpaired) electrons. The number of carbonyl (C=O) groups is 2. The van der Waals surface area contributed by atoms with Gasteiger partial charge in [-0.2, -0.15) is 0 Å². The number of nitrogens with one attached hydrogen (secondary N) is 1. The number of carboxylic acid groups (broad SMARTS) is 1. The largest absolute Gasteiger partial charge is 0.480 e. The molecule has 0 aliphatic carbocycles. The fourth-order valence-corrected chi connectivity index (χ4v) is 1.69. The van der Waals surface area contributed by atoms with Gasteiger partial charge in [-0.3, -0.25) is 9.69 Å². The summed E-state index contributed by atoms with van der Waals surface area (Å²) >= 11 is 0. The molecule has 0 unspecified atom stereocenters. The van der Waals surface area contributed by atoms with Crippen molar-refractivity contribution in [2.75, 3.05) is 39.3 Å². The Bertz CT molecular complexity index is 286. The molecule has 0 aromatic rings. The van der Waals surface area contributed by atoms with Crippen LogP contribution in [-0.4, -0.2) is 66.2 Å². The summed E-state index contributed by atoms with van der Waals surface area (Å²) in [5.41, 5.74) is 0. The first kappa shape index (κ1) is 13.5. The monoisotopic (exact) mass is 241 g/mol. The van der Waals surface area contributed by atoms with Gasteiger partial charge in [0.05, 0.1) is 6.54 Å². The van der Waals surface area contributed by atoms with Gasteiger partial charge in [-0.1, -0.05) is 6.08 Å². The van der Waals surface area contributed by atoms with E-state index >= 15 is 0 Å². The third-order valence-corrected chi connectivity index (χ3v) is 2.64. The average molecular weight is 241 g/mol. The molecule has 1 aliphatic heterocycles. The molecule has 96 valence electrons. The van der Waals surface area contributed by atoms with E-state index < -0.39 is 5.97 Å². The predicted molar refractivity (Wildman–Crippen MR) is 63.9 cm³/mol. The van der Waals surface area contributed by atoms with Crippen LogP contribution in [0, 0.1) is 0 Å². The summed E-state index contributed by atoms with van der Waals surface area (Å²) < 4.78 is 0. The average Bonchev–Trinajstić information content (AvgIpc) is 2.29. The molecule has 0 saturated carbocycles. The molecule has 1 heterocycles. The zero-order valence-corrected chi connectivity index (χ0v) is 9.89. The van der Waals surface area contributed by atoms with Crippen LogP contribution < -0.4 is 5.32 Å². The Morgan fingerprint density at radius 3 is 2.47 bits per heavy atom. The summed E-state index contributed by atoms with van der Waals surface area (Å²) in [6.45, 7) is 6.60. The van der Waals surface area contributed by atoms with E-state index in [4.69, 9.17) is 5.11 Å². The third-order valence-electron chi connectivity index (χ3n) is 2.64. The first-order valence-corrected chi connectivity index (χ1v) is 5.71. The molecule has 1 aliphatic rings. The van der Waals surface area contributed by atoms with Crippen molar-refractivity contribution in [2.45, 2.75) is 6.42 Å². The molecule has 2 N–H and O–H groups in total. The normalized spacial score (nSPS) is 16.6. The van der Waals surface area contributed by atoms with Crippen LogP contribution in [0.2, 0.25) is 0 Å². The molecule has 6 heteroatoms. The van der Waals surface area contributed by atoms with Gasteiger partial charge in [-0.15, -0.1) is 6.58 Å². The van der Waals surface area contributed by atoms with Gasteiger partial charge in [0.25, 0.3) is 0 Å². The van der Waals surface area contributed by atoms with E-state index in [-0.39, 0.29) is 12.6 Å². The van der Waals surface area contributed by atoms with E-state index in [1.807, 2.05) is 4.90 Å². The third kappa shape index (κ3) is 4.86. The van der Waals surface area contributed by atoms with E-state index in [0.717, 1.165) is 6.42 Å². The van der Waals surface area contributed by atoms with Gasteiger partial charge in [0, 0.05) is 32.7 Å². The van der Waals surface area contributed by atoms with E-state index in [1.165, 1.54) is 0 Å². The zero-order valence-electron chi connectivity index (χ0n) is 9.89. The van der Waals surface area contributed by atoms with Crippen molar-refractivity contribution >= 4 is 12.0 Å². The highest BCUT2D eigenvalue weighted by atomic mass is 16.4. The lowest BCUT2D eigenvalue weighted by Crippen LogP contribution is -2.52. The van der Waals surface area contributed by atoms with Gasteiger partial charge in [-0.25, -0.2) is 4.79 Å². The molecule has 0 spiro atoms. The summed E-state index contributed by atoms with van der Waals surface area (Å²) in [6, 6.07) is -0.0816. The highest BCUT2D eigenvalue weighted by molar-refractivity contribution is 5.74. The summed E-state index contributed by atoms with van der Waals surface area (Å²) in [4.78, 5) is 25.7. The fourth-order valence-electron chi connectivity index (χ4n) is 1.69. The molecule has 1 saturated heterocycles. The van der Waals surface area contributed by atoms with Crippen molar-refractivity contribution in [3.05, 3.63) is 12.7 Å². The van der Waals surface area contributed by atoms with Crippen molar-refractivity contribution < 1.29 is 14.7 Å². The first-order chi connectivity index (χ1) is 8.13. The van der Waals surface area contributed by atoms with Crippen LogP contribution in [-0.2, 0) is 4.79 Å². The Morgan fingerprint density at radius 2 is 1.94 bits per heavy atom. The second kappa shape index (κ2) is 6.90. The standard InChI is InChI=1S/C11H19N3O3/c1-2-3-4-12-11(17)14-7-5-13(6-8-14)9-10(15)16/h2H,1,3-9H2,(H,12,17)(H,15,16). The number of hydrogen-bond donors (Lipinski definition) is 2. The lowest BCUT2D eigenvalue weighted by atomic mass is 10.3. The lowest BCUT2D eigenvalue weighted by Gasteiger charge is -2.33. The predicted octanol–water partition coefficient (Wildman–Crippen LogP) is -0.0257. The quantitative estimate of drug-likeness (QED) is 0.524. The minimum Gasteiger partial charge on any atom is -0.480 e. The molecule has 0 atom stereocenters. The first-order valence-electron chi connectivity index (χ1n) is 5.71. The number of carbonyl (C=O) groups excluding carboxylic acids is 1. The number of piperazine rings is 1. The van der Waals surface area contributed by atoms with E-state index in [2.05, 4.69) is 11.9 Å². The molecule has 0 aromatic heterocycles. The molecular weight excluding hydrogens is 222 g/mol. The van der Waals surface area contributed by atoms with Crippen molar-refractivity contribution in [1.82, 2.24) is 15.1 Å². The van der Waals surface area contributed by atoms with Gasteiger partial charge in [-0.05, 0) is 6.42 Å². The van der Waals surface area contributed by atoms with Crippen molar-refractivity contribution in [1.29, 1.82) is 0 Å². The molecular formula is C11H19N3O3. The zero-order chi connectivity index (χ0) is 12.7. The molecule has 6 nitrogen and oxygen atoms in total. The van der Waals surface area contributed by atoms with Crippen molar-refractivity contribution in [2.24, 2.45) is 0 Å². The molecule has 0 bridgehead atoms. The summed E-state index contributed by atoms with van der Waals surface area (Å²) in [5.74, 6) is -0.825.